The van der Waals surface area contributed by atoms with E-state index in [-0.39, 0.29) is 5.91 Å². The van der Waals surface area contributed by atoms with Crippen LogP contribution in [0.2, 0.25) is 0 Å². The van der Waals surface area contributed by atoms with Gasteiger partial charge < -0.3 is 15.4 Å². The van der Waals surface area contributed by atoms with Gasteiger partial charge in [0, 0.05) is 23.6 Å². The molecule has 0 aliphatic carbocycles. The Morgan fingerprint density at radius 2 is 2.14 bits per heavy atom. The number of nitrogens with one attached hydrogen (secondary N) is 2. The summed E-state index contributed by atoms with van der Waals surface area (Å²) < 4.78 is 6.91. The van der Waals surface area contributed by atoms with E-state index in [2.05, 4.69) is 47.4 Å². The molecule has 1 heterocycles. The van der Waals surface area contributed by atoms with Crippen LogP contribution in [0.1, 0.15) is 6.42 Å². The molecule has 0 radical (unpaired) electrons. The Balaban J connectivity index is 1.98. The number of carbonyl (C=O) groups excluding carboxylic acids is 1. The quantitative estimate of drug-likeness (QED) is 0.785. The molecule has 0 aromatic heterocycles. The van der Waals surface area contributed by atoms with Crippen LogP contribution >= 0.6 is 31.9 Å². The van der Waals surface area contributed by atoms with E-state index in [0.717, 1.165) is 41.5 Å². The van der Waals surface area contributed by atoms with Crippen molar-refractivity contribution < 1.29 is 9.53 Å². The van der Waals surface area contributed by atoms with Crippen molar-refractivity contribution >= 4 is 43.5 Å². The fraction of sp³-hybridized carbons (Fsp3) is 0.500. The first-order chi connectivity index (χ1) is 10.1. The van der Waals surface area contributed by atoms with Crippen LogP contribution in [0, 0.1) is 0 Å². The Morgan fingerprint density at radius 3 is 2.90 bits per heavy atom. The summed E-state index contributed by atoms with van der Waals surface area (Å²) in [6.07, 6.45) is 1.07. The highest BCUT2D eigenvalue weighted by molar-refractivity contribution is 9.11. The molecule has 1 aliphatic heterocycles. The van der Waals surface area contributed by atoms with Crippen LogP contribution in [0.4, 0.5) is 5.69 Å². The first-order valence-corrected chi connectivity index (χ1v) is 8.44. The van der Waals surface area contributed by atoms with Crippen molar-refractivity contribution in [1.82, 2.24) is 10.2 Å². The van der Waals surface area contributed by atoms with Gasteiger partial charge in [-0.3, -0.25) is 9.69 Å². The summed E-state index contributed by atoms with van der Waals surface area (Å²) in [5.41, 5.74) is 0.716. The Morgan fingerprint density at radius 1 is 1.33 bits per heavy atom. The van der Waals surface area contributed by atoms with Crippen LogP contribution < -0.4 is 15.4 Å². The fourth-order valence-electron chi connectivity index (χ4n) is 2.23. The number of halogens is 2. The molecule has 0 saturated carbocycles. The number of carbonyl (C=O) groups is 1. The molecule has 0 unspecified atom stereocenters. The van der Waals surface area contributed by atoms with Crippen LogP contribution in [-0.2, 0) is 4.79 Å². The fourth-order valence-corrected chi connectivity index (χ4v) is 3.49. The van der Waals surface area contributed by atoms with E-state index >= 15 is 0 Å². The Labute approximate surface area is 141 Å². The van der Waals surface area contributed by atoms with Gasteiger partial charge in [-0.25, -0.2) is 0 Å². The molecule has 7 heteroatoms. The molecule has 1 aromatic rings. The molecule has 0 atom stereocenters. The molecule has 2 N–H and O–H groups in total. The smallest absolute Gasteiger partial charge is 0.238 e. The molecule has 1 saturated heterocycles. The lowest BCUT2D eigenvalue weighted by atomic mass is 10.3. The number of amides is 1. The van der Waals surface area contributed by atoms with Gasteiger partial charge in [0.05, 0.1) is 23.8 Å². The highest BCUT2D eigenvalue weighted by Crippen LogP contribution is 2.34. The van der Waals surface area contributed by atoms with E-state index in [1.807, 2.05) is 6.07 Å². The minimum atomic E-state index is -0.0121. The van der Waals surface area contributed by atoms with Crippen molar-refractivity contribution in [1.29, 1.82) is 0 Å². The summed E-state index contributed by atoms with van der Waals surface area (Å²) in [5, 5.41) is 6.26. The lowest BCUT2D eigenvalue weighted by molar-refractivity contribution is -0.117. The number of hydrogen-bond donors (Lipinski definition) is 2. The molecule has 1 fully saturated rings. The molecular formula is C14H19Br2N3O2. The Bertz CT molecular complexity index is 503. The topological polar surface area (TPSA) is 53.6 Å². The van der Waals surface area contributed by atoms with Crippen LogP contribution in [-0.4, -0.2) is 50.6 Å². The predicted octanol–water partition coefficient (Wildman–Crippen LogP) is 2.45. The van der Waals surface area contributed by atoms with Gasteiger partial charge in [0.15, 0.2) is 0 Å². The Kier molecular flexibility index (Phi) is 6.47. The van der Waals surface area contributed by atoms with Gasteiger partial charge in [0.1, 0.15) is 5.75 Å². The van der Waals surface area contributed by atoms with Crippen molar-refractivity contribution in [3.63, 3.8) is 0 Å². The molecule has 2 rings (SSSR count). The largest absolute Gasteiger partial charge is 0.495 e. The Hall–Kier alpha value is -0.630. The highest BCUT2D eigenvalue weighted by Gasteiger charge is 2.14. The third-order valence-corrected chi connectivity index (χ3v) is 4.59. The molecule has 1 aliphatic rings. The van der Waals surface area contributed by atoms with Crippen LogP contribution in [0.15, 0.2) is 21.1 Å². The third-order valence-electron chi connectivity index (χ3n) is 3.32. The standard InChI is InChI=1S/C14H19Br2N3O2/c1-21-13-8-12(10(15)7-11(13)16)18-14(20)9-19-5-2-3-17-4-6-19/h7-8,17H,2-6,9H2,1H3,(H,18,20). The number of nitrogens with zero attached hydrogens (tertiary/aromatic N) is 1. The average Bonchev–Trinajstić information content (AvgIpc) is 2.70. The second kappa shape index (κ2) is 8.12. The summed E-state index contributed by atoms with van der Waals surface area (Å²) in [4.78, 5) is 14.3. The predicted molar refractivity (Wildman–Crippen MR) is 91.0 cm³/mol. The highest BCUT2D eigenvalue weighted by atomic mass is 79.9. The van der Waals surface area contributed by atoms with Crippen molar-refractivity contribution in [2.75, 3.05) is 45.2 Å². The van der Waals surface area contributed by atoms with E-state index in [0.29, 0.717) is 18.0 Å². The number of methoxy groups -OCH3 is 1. The number of ether oxygens (including phenoxy) is 1. The van der Waals surface area contributed by atoms with Crippen molar-refractivity contribution in [3.8, 4) is 5.75 Å². The first kappa shape index (κ1) is 16.7. The van der Waals surface area contributed by atoms with Gasteiger partial charge in [0.25, 0.3) is 0 Å². The van der Waals surface area contributed by atoms with E-state index < -0.39 is 0 Å². The first-order valence-electron chi connectivity index (χ1n) is 6.86. The van der Waals surface area contributed by atoms with Crippen molar-refractivity contribution in [2.45, 2.75) is 6.42 Å². The number of benzene rings is 1. The number of anilines is 1. The SMILES string of the molecule is COc1cc(NC(=O)CN2CCCNCC2)c(Br)cc1Br. The minimum Gasteiger partial charge on any atom is -0.495 e. The van der Waals surface area contributed by atoms with Crippen LogP contribution in [0.5, 0.6) is 5.75 Å². The number of hydrogen-bond acceptors (Lipinski definition) is 4. The van der Waals surface area contributed by atoms with E-state index in [9.17, 15) is 4.79 Å². The zero-order valence-corrected chi connectivity index (χ0v) is 15.1. The van der Waals surface area contributed by atoms with Gasteiger partial charge >= 0.3 is 0 Å². The lowest BCUT2D eigenvalue weighted by Crippen LogP contribution is -2.35. The van der Waals surface area contributed by atoms with Gasteiger partial charge in [-0.15, -0.1) is 0 Å². The average molecular weight is 421 g/mol. The molecule has 116 valence electrons. The molecular weight excluding hydrogens is 402 g/mol. The summed E-state index contributed by atoms with van der Waals surface area (Å²) in [6.45, 7) is 4.21. The van der Waals surface area contributed by atoms with Crippen molar-refractivity contribution in [3.05, 3.63) is 21.1 Å². The van der Waals surface area contributed by atoms with Gasteiger partial charge in [-0.1, -0.05) is 0 Å². The minimum absolute atomic E-state index is 0.0121. The molecule has 1 aromatic carbocycles. The second-order valence-corrected chi connectivity index (χ2v) is 6.60. The summed E-state index contributed by atoms with van der Waals surface area (Å²) >= 11 is 6.87. The number of rotatable bonds is 4. The zero-order valence-electron chi connectivity index (χ0n) is 11.9. The summed E-state index contributed by atoms with van der Waals surface area (Å²) in [5.74, 6) is 0.675. The zero-order chi connectivity index (χ0) is 15.2. The van der Waals surface area contributed by atoms with E-state index in [1.165, 1.54) is 0 Å². The van der Waals surface area contributed by atoms with E-state index in [4.69, 9.17) is 4.74 Å². The molecule has 1 amide bonds. The molecule has 0 bridgehead atoms. The summed E-state index contributed by atoms with van der Waals surface area (Å²) in [7, 11) is 1.60. The molecule has 21 heavy (non-hydrogen) atoms. The maximum atomic E-state index is 12.2. The van der Waals surface area contributed by atoms with Crippen LogP contribution in [0.3, 0.4) is 0 Å². The van der Waals surface area contributed by atoms with Gasteiger partial charge in [-0.05, 0) is 57.4 Å². The maximum absolute atomic E-state index is 12.2. The molecule has 5 nitrogen and oxygen atoms in total. The van der Waals surface area contributed by atoms with Gasteiger partial charge in [0.2, 0.25) is 5.91 Å². The van der Waals surface area contributed by atoms with E-state index in [1.54, 1.807) is 13.2 Å². The second-order valence-electron chi connectivity index (χ2n) is 4.89. The maximum Gasteiger partial charge on any atom is 0.238 e. The van der Waals surface area contributed by atoms with Crippen LogP contribution in [0.25, 0.3) is 0 Å². The summed E-state index contributed by atoms with van der Waals surface area (Å²) in [6, 6.07) is 3.67. The molecule has 0 spiro atoms. The third kappa shape index (κ3) is 4.95. The monoisotopic (exact) mass is 419 g/mol. The lowest BCUT2D eigenvalue weighted by Gasteiger charge is -2.19. The van der Waals surface area contributed by atoms with Crippen molar-refractivity contribution in [2.24, 2.45) is 0 Å². The van der Waals surface area contributed by atoms with Gasteiger partial charge in [-0.2, -0.15) is 0 Å². The normalized spacial score (nSPS) is 16.3.